The molecule has 7 aromatic carbocycles. The van der Waals surface area contributed by atoms with Crippen LogP contribution in [0.1, 0.15) is 77.1 Å². The fourth-order valence-electron chi connectivity index (χ4n) is 11.2. The van der Waals surface area contributed by atoms with E-state index in [1.807, 2.05) is 12.1 Å². The van der Waals surface area contributed by atoms with Gasteiger partial charge in [-0.15, -0.1) is 22.7 Å². The smallest absolute Gasteiger partial charge is 0.326 e. The first-order valence-electron chi connectivity index (χ1n) is 24.2. The molecule has 3 heterocycles. The van der Waals surface area contributed by atoms with Gasteiger partial charge in [0.05, 0.1) is 16.7 Å². The topological polar surface area (TPSA) is 124 Å². The maximum absolute atomic E-state index is 13.7. The summed E-state index contributed by atoms with van der Waals surface area (Å²) >= 11 is 3.36. The summed E-state index contributed by atoms with van der Waals surface area (Å²) in [6, 6.07) is 57.7. The van der Waals surface area contributed by atoms with Crippen molar-refractivity contribution >= 4 is 78.4 Å². The molecule has 2 amide bonds. The van der Waals surface area contributed by atoms with E-state index in [0.29, 0.717) is 5.39 Å². The Balaban J connectivity index is 0.827. The van der Waals surface area contributed by atoms with E-state index >= 15 is 0 Å². The first kappa shape index (κ1) is 46.6. The van der Waals surface area contributed by atoms with E-state index in [1.54, 1.807) is 40.9 Å². The largest absolute Gasteiger partial charge is 0.748 e. The highest BCUT2D eigenvalue weighted by Crippen LogP contribution is 2.53. The van der Waals surface area contributed by atoms with E-state index in [4.69, 9.17) is 4.74 Å². The summed E-state index contributed by atoms with van der Waals surface area (Å²) in [5, 5.41) is 1.27. The number of benzene rings is 7. The number of fused-ring (bicyclic) bond motifs is 6. The number of carbonyl (C=O) groups excluding carboxylic acids is 3. The average Bonchev–Trinajstić information content (AvgIpc) is 4.17. The maximum Gasteiger partial charge on any atom is 0.326 e. The molecule has 0 N–H and O–H groups in total. The first-order chi connectivity index (χ1) is 35.1. The maximum atomic E-state index is 13.7. The number of thiophene rings is 2. The van der Waals surface area contributed by atoms with Crippen molar-refractivity contribution in [2.45, 2.75) is 44.9 Å². The van der Waals surface area contributed by atoms with Crippen LogP contribution in [0.4, 0.5) is 17.1 Å². The van der Waals surface area contributed by atoms with Crippen molar-refractivity contribution in [3.8, 4) is 52.9 Å². The molecule has 0 bridgehead atoms. The molecule has 9 nitrogen and oxygen atoms in total. The normalized spacial score (nSPS) is 14.7. The molecule has 73 heavy (non-hydrogen) atoms. The van der Waals surface area contributed by atoms with Crippen LogP contribution in [0.2, 0.25) is 0 Å². The van der Waals surface area contributed by atoms with Gasteiger partial charge >= 0.3 is 5.97 Å². The molecular formula is C61H47N2O7S3-. The van der Waals surface area contributed by atoms with Gasteiger partial charge in [0, 0.05) is 69.7 Å². The Morgan fingerprint density at radius 3 is 1.63 bits per heavy atom. The van der Waals surface area contributed by atoms with Crippen molar-refractivity contribution in [2.75, 3.05) is 23.8 Å². The van der Waals surface area contributed by atoms with Crippen molar-refractivity contribution in [1.29, 1.82) is 0 Å². The second kappa shape index (κ2) is 17.3. The highest BCUT2D eigenvalue weighted by molar-refractivity contribution is 7.85. The molecule has 9 aromatic rings. The molecule has 0 atom stereocenters. The minimum Gasteiger partial charge on any atom is -0.748 e. The summed E-state index contributed by atoms with van der Waals surface area (Å²) in [6.45, 7) is 8.33. The average molecular weight is 1020 g/mol. The Kier molecular flexibility index (Phi) is 11.1. The van der Waals surface area contributed by atoms with Crippen molar-refractivity contribution < 1.29 is 32.1 Å². The predicted octanol–water partition coefficient (Wildman–Crippen LogP) is 14.1. The fraction of sp³-hybridized carbons (Fsp3) is 0.164. The lowest BCUT2D eigenvalue weighted by molar-refractivity contribution is -0.143. The van der Waals surface area contributed by atoms with E-state index < -0.39 is 40.2 Å². The number of amides is 2. The standard InChI is InChI=1S/C61H48N2O7S3/c1-60(2)48-15-7-5-11-40(48)42-23-21-38(33-50(42)60)63(39-22-24-43-41-12-6-8-16-49(41)61(3,4)51(43)34-39)37-19-17-36(18-20-37)52-27-29-54(71-52)55-30-28-53(72-55)44-25-26-47-57-45(44)13-9-14-46(57)58(65)62(59(47)66)35-56(64)70-31-10-32-73(67,68)69/h5-9,11-30,33-34H,10,31-32,35H2,1-4H3,(H,67,68,69)/p-1. The Labute approximate surface area is 431 Å². The first-order valence-corrected chi connectivity index (χ1v) is 27.4. The number of anilines is 3. The molecule has 2 aliphatic carbocycles. The van der Waals surface area contributed by atoms with E-state index in [1.165, 1.54) is 44.5 Å². The number of carbonyl (C=O) groups is 3. The number of esters is 1. The van der Waals surface area contributed by atoms with Crippen molar-refractivity contribution in [1.82, 2.24) is 4.90 Å². The summed E-state index contributed by atoms with van der Waals surface area (Å²) in [6.07, 6.45) is -0.186. The summed E-state index contributed by atoms with van der Waals surface area (Å²) in [7, 11) is -4.46. The van der Waals surface area contributed by atoms with Crippen molar-refractivity contribution in [3.63, 3.8) is 0 Å². The third-order valence-corrected chi connectivity index (χ3v) is 18.1. The lowest BCUT2D eigenvalue weighted by atomic mass is 9.82. The van der Waals surface area contributed by atoms with E-state index in [2.05, 4.69) is 166 Å². The van der Waals surface area contributed by atoms with Crippen LogP contribution in [0.25, 0.3) is 63.7 Å². The zero-order chi connectivity index (χ0) is 50.6. The van der Waals surface area contributed by atoms with Gasteiger partial charge in [0.1, 0.15) is 6.54 Å². The molecule has 0 unspecified atom stereocenters. The molecule has 3 aliphatic rings. The van der Waals surface area contributed by atoms with Gasteiger partial charge in [-0.2, -0.15) is 0 Å². The zero-order valence-electron chi connectivity index (χ0n) is 40.4. The lowest BCUT2D eigenvalue weighted by Crippen LogP contribution is -2.43. The molecule has 2 aromatic heterocycles. The second-order valence-electron chi connectivity index (χ2n) is 19.9. The monoisotopic (exact) mass is 1020 g/mol. The fourth-order valence-corrected chi connectivity index (χ4v) is 13.8. The van der Waals surface area contributed by atoms with Crippen LogP contribution < -0.4 is 4.90 Å². The number of hydrogen-bond acceptors (Lipinski definition) is 10. The Morgan fingerprint density at radius 2 is 1.03 bits per heavy atom. The Bertz CT molecular complexity index is 3770. The molecule has 362 valence electrons. The third kappa shape index (κ3) is 7.83. The van der Waals surface area contributed by atoms with E-state index in [0.717, 1.165) is 58.0 Å². The van der Waals surface area contributed by atoms with Gasteiger partial charge in [-0.3, -0.25) is 19.3 Å². The minimum absolute atomic E-state index is 0.154. The lowest BCUT2D eigenvalue weighted by Gasteiger charge is -2.30. The quantitative estimate of drug-likeness (QED) is 0.0513. The Hall–Kier alpha value is -7.48. The summed E-state index contributed by atoms with van der Waals surface area (Å²) in [4.78, 5) is 47.6. The van der Waals surface area contributed by atoms with Crippen LogP contribution in [0.15, 0.2) is 164 Å². The van der Waals surface area contributed by atoms with Crippen LogP contribution in [-0.4, -0.2) is 54.6 Å². The van der Waals surface area contributed by atoms with Crippen LogP contribution in [-0.2, 0) is 30.5 Å². The molecule has 1 aliphatic heterocycles. The Morgan fingerprint density at radius 1 is 0.548 bits per heavy atom. The van der Waals surface area contributed by atoms with Crippen LogP contribution in [0.3, 0.4) is 0 Å². The van der Waals surface area contributed by atoms with Gasteiger partial charge in [0.25, 0.3) is 11.8 Å². The SMILES string of the molecule is CC1(C)c2ccccc2-c2ccc(N(c3ccc(-c4ccc(-c5ccc(-c6ccc7c8c(cccc68)C(=O)N(CC(=O)OCCCS(=O)(=O)[O-])C7=O)s5)s4)cc3)c3ccc4c(c3)C(C)(C)c3ccccc3-4)cc21. The number of rotatable bonds is 12. The number of imide groups is 1. The number of nitrogens with zero attached hydrogens (tertiary/aromatic N) is 2. The molecule has 12 rings (SSSR count). The zero-order valence-corrected chi connectivity index (χ0v) is 42.8. The van der Waals surface area contributed by atoms with Gasteiger partial charge in [-0.25, -0.2) is 8.42 Å². The van der Waals surface area contributed by atoms with Gasteiger partial charge < -0.3 is 14.2 Å². The van der Waals surface area contributed by atoms with Crippen LogP contribution >= 0.6 is 22.7 Å². The summed E-state index contributed by atoms with van der Waals surface area (Å²) in [5.41, 5.74) is 16.0. The number of hydrogen-bond donors (Lipinski definition) is 0. The molecule has 0 radical (unpaired) electrons. The van der Waals surface area contributed by atoms with Crippen molar-refractivity contribution in [3.05, 3.63) is 197 Å². The summed E-state index contributed by atoms with van der Waals surface area (Å²) in [5.74, 6) is -2.83. The van der Waals surface area contributed by atoms with Gasteiger partial charge in [-0.1, -0.05) is 119 Å². The minimum atomic E-state index is -4.46. The third-order valence-electron chi connectivity index (χ3n) is 14.9. The molecule has 12 heteroatoms. The highest BCUT2D eigenvalue weighted by Gasteiger charge is 2.39. The van der Waals surface area contributed by atoms with Gasteiger partial charge in [0.15, 0.2) is 0 Å². The molecule has 0 fully saturated rings. The summed E-state index contributed by atoms with van der Waals surface area (Å²) < 4.78 is 37.8. The van der Waals surface area contributed by atoms with Gasteiger partial charge in [-0.05, 0) is 140 Å². The van der Waals surface area contributed by atoms with Crippen LogP contribution in [0.5, 0.6) is 0 Å². The second-order valence-corrected chi connectivity index (χ2v) is 23.6. The molecular weight excluding hydrogens is 969 g/mol. The predicted molar refractivity (Wildman–Crippen MR) is 291 cm³/mol. The van der Waals surface area contributed by atoms with E-state index in [-0.39, 0.29) is 35.0 Å². The van der Waals surface area contributed by atoms with Crippen molar-refractivity contribution in [2.24, 2.45) is 0 Å². The molecule has 0 saturated heterocycles. The van der Waals surface area contributed by atoms with Gasteiger partial charge in [0.2, 0.25) is 0 Å². The molecule has 0 spiro atoms. The highest BCUT2D eigenvalue weighted by atomic mass is 32.2. The molecule has 0 saturated carbocycles. The number of ether oxygens (including phenoxy) is 1. The van der Waals surface area contributed by atoms with Crippen LogP contribution in [0, 0.1) is 0 Å². The van der Waals surface area contributed by atoms with E-state index in [9.17, 15) is 27.4 Å².